The smallest absolute Gasteiger partial charge is 0.230 e. The molecule has 3 nitrogen and oxygen atoms in total. The summed E-state index contributed by atoms with van der Waals surface area (Å²) in [7, 11) is 0. The Morgan fingerprint density at radius 2 is 2.46 bits per heavy atom. The zero-order chi connectivity index (χ0) is 9.84. The van der Waals surface area contributed by atoms with Crippen molar-refractivity contribution >= 4 is 11.7 Å². The molecule has 1 heterocycles. The minimum atomic E-state index is -0.432. The molecule has 1 rings (SSSR count). The van der Waals surface area contributed by atoms with Crippen molar-refractivity contribution in [1.29, 1.82) is 0 Å². The van der Waals surface area contributed by atoms with Gasteiger partial charge in [-0.25, -0.2) is 0 Å². The molecule has 0 aromatic carbocycles. The van der Waals surface area contributed by atoms with E-state index in [0.717, 1.165) is 6.42 Å². The van der Waals surface area contributed by atoms with Crippen molar-refractivity contribution in [1.82, 2.24) is 5.32 Å². The van der Waals surface area contributed by atoms with Crippen molar-refractivity contribution < 1.29 is 9.59 Å². The SMILES string of the molecule is C=CCC1CNC(=O)C(C(C)=O)C1. The Balaban J connectivity index is 2.57. The Kier molecular flexibility index (Phi) is 3.23. The second kappa shape index (κ2) is 4.21. The second-order valence-electron chi connectivity index (χ2n) is 3.53. The fraction of sp³-hybridized carbons (Fsp3) is 0.600. The topological polar surface area (TPSA) is 46.2 Å². The minimum Gasteiger partial charge on any atom is -0.355 e. The van der Waals surface area contributed by atoms with E-state index in [1.807, 2.05) is 6.08 Å². The molecule has 0 saturated carbocycles. The first-order valence-corrected chi connectivity index (χ1v) is 4.54. The van der Waals surface area contributed by atoms with E-state index in [2.05, 4.69) is 11.9 Å². The number of rotatable bonds is 3. The molecule has 0 spiro atoms. The van der Waals surface area contributed by atoms with Gasteiger partial charge in [0.15, 0.2) is 0 Å². The van der Waals surface area contributed by atoms with Gasteiger partial charge < -0.3 is 5.32 Å². The van der Waals surface area contributed by atoms with E-state index in [1.165, 1.54) is 6.92 Å². The summed E-state index contributed by atoms with van der Waals surface area (Å²) >= 11 is 0. The number of carbonyl (C=O) groups is 2. The highest BCUT2D eigenvalue weighted by molar-refractivity contribution is 6.00. The standard InChI is InChI=1S/C10H15NO2/c1-3-4-8-5-9(7(2)12)10(13)11-6-8/h3,8-9H,1,4-6H2,2H3,(H,11,13). The van der Waals surface area contributed by atoms with Crippen molar-refractivity contribution in [2.75, 3.05) is 6.54 Å². The molecule has 0 aromatic rings. The molecule has 3 heteroatoms. The first-order valence-electron chi connectivity index (χ1n) is 4.54. The summed E-state index contributed by atoms with van der Waals surface area (Å²) in [5, 5.41) is 2.74. The maximum atomic E-state index is 11.2. The Bertz CT molecular complexity index is 235. The lowest BCUT2D eigenvalue weighted by Crippen LogP contribution is -2.44. The molecule has 2 atom stereocenters. The molecule has 0 radical (unpaired) electrons. The average Bonchev–Trinajstić information content (AvgIpc) is 2.08. The number of Topliss-reactive ketones (excluding diaryl/α,β-unsaturated/α-hetero) is 1. The van der Waals surface area contributed by atoms with Gasteiger partial charge in [-0.05, 0) is 25.7 Å². The van der Waals surface area contributed by atoms with E-state index in [-0.39, 0.29) is 11.7 Å². The summed E-state index contributed by atoms with van der Waals surface area (Å²) < 4.78 is 0. The lowest BCUT2D eigenvalue weighted by Gasteiger charge is -2.26. The molecule has 0 aliphatic carbocycles. The molecule has 1 fully saturated rings. The molecule has 1 saturated heterocycles. The third kappa shape index (κ3) is 2.41. The Morgan fingerprint density at radius 1 is 1.77 bits per heavy atom. The van der Waals surface area contributed by atoms with Crippen LogP contribution in [0.25, 0.3) is 0 Å². The molecule has 2 unspecified atom stereocenters. The third-order valence-electron chi connectivity index (χ3n) is 2.44. The quantitative estimate of drug-likeness (QED) is 0.519. The lowest BCUT2D eigenvalue weighted by atomic mass is 9.86. The van der Waals surface area contributed by atoms with E-state index >= 15 is 0 Å². The highest BCUT2D eigenvalue weighted by Gasteiger charge is 2.30. The van der Waals surface area contributed by atoms with Gasteiger partial charge in [-0.15, -0.1) is 6.58 Å². The largest absolute Gasteiger partial charge is 0.355 e. The molecule has 0 bridgehead atoms. The van der Waals surface area contributed by atoms with Gasteiger partial charge in [-0.2, -0.15) is 0 Å². The number of ketones is 1. The molecule has 1 aliphatic rings. The van der Waals surface area contributed by atoms with Gasteiger partial charge in [-0.3, -0.25) is 9.59 Å². The van der Waals surface area contributed by atoms with Crippen molar-refractivity contribution in [3.63, 3.8) is 0 Å². The summed E-state index contributed by atoms with van der Waals surface area (Å²) in [5.41, 5.74) is 0. The number of piperidine rings is 1. The number of hydrogen-bond acceptors (Lipinski definition) is 2. The number of carbonyl (C=O) groups excluding carboxylic acids is 2. The van der Waals surface area contributed by atoms with Gasteiger partial charge in [0.2, 0.25) is 5.91 Å². The normalized spacial score (nSPS) is 27.9. The van der Waals surface area contributed by atoms with Gasteiger partial charge in [0.1, 0.15) is 5.78 Å². The van der Waals surface area contributed by atoms with E-state index < -0.39 is 5.92 Å². The van der Waals surface area contributed by atoms with Crippen LogP contribution in [-0.4, -0.2) is 18.2 Å². The number of allylic oxidation sites excluding steroid dienone is 1. The van der Waals surface area contributed by atoms with Gasteiger partial charge in [-0.1, -0.05) is 6.08 Å². The zero-order valence-electron chi connectivity index (χ0n) is 7.88. The molecule has 1 amide bonds. The summed E-state index contributed by atoms with van der Waals surface area (Å²) in [6.45, 7) is 5.79. The van der Waals surface area contributed by atoms with Crippen molar-refractivity contribution in [3.8, 4) is 0 Å². The van der Waals surface area contributed by atoms with E-state index in [1.54, 1.807) is 0 Å². The van der Waals surface area contributed by atoms with Gasteiger partial charge >= 0.3 is 0 Å². The number of nitrogens with one attached hydrogen (secondary N) is 1. The molecular formula is C10H15NO2. The third-order valence-corrected chi connectivity index (χ3v) is 2.44. The van der Waals surface area contributed by atoms with Crippen molar-refractivity contribution in [2.24, 2.45) is 11.8 Å². The van der Waals surface area contributed by atoms with Crippen LogP contribution in [0.1, 0.15) is 19.8 Å². The lowest BCUT2D eigenvalue weighted by molar-refractivity contribution is -0.135. The van der Waals surface area contributed by atoms with Crippen LogP contribution in [0.3, 0.4) is 0 Å². The number of hydrogen-bond donors (Lipinski definition) is 1. The molecule has 0 aromatic heterocycles. The van der Waals surface area contributed by atoms with Crippen LogP contribution in [0.5, 0.6) is 0 Å². The average molecular weight is 181 g/mol. The predicted molar refractivity (Wildman–Crippen MR) is 50.1 cm³/mol. The monoisotopic (exact) mass is 181 g/mol. The Morgan fingerprint density at radius 3 is 3.00 bits per heavy atom. The Hall–Kier alpha value is -1.12. The van der Waals surface area contributed by atoms with Gasteiger partial charge in [0.05, 0.1) is 5.92 Å². The predicted octanol–water partition coefficient (Wildman–Crippen LogP) is 0.904. The van der Waals surface area contributed by atoms with Crippen LogP contribution in [0.4, 0.5) is 0 Å². The van der Waals surface area contributed by atoms with Crippen LogP contribution in [0, 0.1) is 11.8 Å². The molecule has 72 valence electrons. The van der Waals surface area contributed by atoms with Crippen LogP contribution < -0.4 is 5.32 Å². The number of amides is 1. The summed E-state index contributed by atoms with van der Waals surface area (Å²) in [6.07, 6.45) is 3.37. The second-order valence-corrected chi connectivity index (χ2v) is 3.53. The fourth-order valence-corrected chi connectivity index (χ4v) is 1.66. The first kappa shape index (κ1) is 9.96. The molecule has 1 aliphatic heterocycles. The van der Waals surface area contributed by atoms with Gasteiger partial charge in [0.25, 0.3) is 0 Å². The van der Waals surface area contributed by atoms with Crippen LogP contribution >= 0.6 is 0 Å². The molecule has 1 N–H and O–H groups in total. The highest BCUT2D eigenvalue weighted by atomic mass is 16.2. The van der Waals surface area contributed by atoms with Crippen LogP contribution in [0.2, 0.25) is 0 Å². The van der Waals surface area contributed by atoms with Crippen molar-refractivity contribution in [3.05, 3.63) is 12.7 Å². The highest BCUT2D eigenvalue weighted by Crippen LogP contribution is 2.20. The zero-order valence-corrected chi connectivity index (χ0v) is 7.88. The summed E-state index contributed by atoms with van der Waals surface area (Å²) in [6, 6.07) is 0. The van der Waals surface area contributed by atoms with Crippen LogP contribution in [0.15, 0.2) is 12.7 Å². The van der Waals surface area contributed by atoms with E-state index in [0.29, 0.717) is 18.9 Å². The maximum absolute atomic E-state index is 11.2. The van der Waals surface area contributed by atoms with Gasteiger partial charge in [0, 0.05) is 6.54 Å². The van der Waals surface area contributed by atoms with E-state index in [4.69, 9.17) is 0 Å². The maximum Gasteiger partial charge on any atom is 0.230 e. The minimum absolute atomic E-state index is 0.0359. The molecular weight excluding hydrogens is 166 g/mol. The molecule has 13 heavy (non-hydrogen) atoms. The summed E-state index contributed by atoms with van der Waals surface area (Å²) in [5.74, 6) is -0.207. The fourth-order valence-electron chi connectivity index (χ4n) is 1.66. The summed E-state index contributed by atoms with van der Waals surface area (Å²) in [4.78, 5) is 22.3. The van der Waals surface area contributed by atoms with Crippen LogP contribution in [-0.2, 0) is 9.59 Å². The Labute approximate surface area is 78.2 Å². The van der Waals surface area contributed by atoms with E-state index in [9.17, 15) is 9.59 Å². The van der Waals surface area contributed by atoms with Crippen molar-refractivity contribution in [2.45, 2.75) is 19.8 Å². The first-order chi connectivity index (χ1) is 6.15.